The summed E-state index contributed by atoms with van der Waals surface area (Å²) < 4.78 is 20.8. The van der Waals surface area contributed by atoms with Crippen LogP contribution < -0.4 is 0 Å². The van der Waals surface area contributed by atoms with Gasteiger partial charge in [0.2, 0.25) is 0 Å². The first-order chi connectivity index (χ1) is 13.1. The topological polar surface area (TPSA) is 108 Å². The van der Waals surface area contributed by atoms with Gasteiger partial charge in [0, 0.05) is 5.92 Å². The summed E-state index contributed by atoms with van der Waals surface area (Å²) in [6.45, 7) is 6.98. The molecule has 3 aliphatic heterocycles. The van der Waals surface area contributed by atoms with Gasteiger partial charge >= 0.3 is 24.0 Å². The Morgan fingerprint density at radius 2 is 1.96 bits per heavy atom. The van der Waals surface area contributed by atoms with E-state index >= 15 is 0 Å². The summed E-state index contributed by atoms with van der Waals surface area (Å²) >= 11 is 0. The molecule has 9 heteroatoms. The second kappa shape index (κ2) is 7.10. The highest BCUT2D eigenvalue weighted by atomic mass is 16.6. The molecule has 154 valence electrons. The van der Waals surface area contributed by atoms with Gasteiger partial charge in [-0.1, -0.05) is 6.08 Å². The number of nitrogens with zero attached hydrogens (tertiary/aromatic N) is 1. The first-order valence-electron chi connectivity index (χ1n) is 9.27. The molecular formula is C19H25NO8. The van der Waals surface area contributed by atoms with Gasteiger partial charge in [-0.3, -0.25) is 9.69 Å². The predicted molar refractivity (Wildman–Crippen MR) is 93.9 cm³/mol. The molecule has 0 spiro atoms. The number of likely N-dealkylation sites (tertiary alicyclic amines) is 1. The van der Waals surface area contributed by atoms with Crippen LogP contribution in [0.4, 0.5) is 4.79 Å². The fourth-order valence-corrected chi connectivity index (χ4v) is 4.16. The molecule has 4 rings (SSSR count). The third kappa shape index (κ3) is 3.33. The number of amides is 1. The van der Waals surface area contributed by atoms with Gasteiger partial charge in [0.1, 0.15) is 17.7 Å². The number of methoxy groups -OCH3 is 1. The summed E-state index contributed by atoms with van der Waals surface area (Å²) in [5.41, 5.74) is -0.544. The van der Waals surface area contributed by atoms with Crippen LogP contribution in [0.25, 0.3) is 0 Å². The molecule has 5 atom stereocenters. The average molecular weight is 395 g/mol. The number of carbonyl (C=O) groups excluding carboxylic acids is 4. The highest BCUT2D eigenvalue weighted by Crippen LogP contribution is 2.48. The minimum atomic E-state index is -0.922. The van der Waals surface area contributed by atoms with Gasteiger partial charge in [0.05, 0.1) is 31.2 Å². The molecule has 1 aliphatic carbocycles. The molecule has 0 aromatic carbocycles. The monoisotopic (exact) mass is 395 g/mol. The van der Waals surface area contributed by atoms with Crippen molar-refractivity contribution in [3.05, 3.63) is 11.6 Å². The van der Waals surface area contributed by atoms with Crippen molar-refractivity contribution >= 4 is 24.0 Å². The van der Waals surface area contributed by atoms with E-state index < -0.39 is 59.6 Å². The van der Waals surface area contributed by atoms with Crippen molar-refractivity contribution in [2.24, 2.45) is 11.8 Å². The Kier molecular flexibility index (Phi) is 5.12. The van der Waals surface area contributed by atoms with E-state index in [1.54, 1.807) is 27.7 Å². The molecule has 0 saturated carbocycles. The summed E-state index contributed by atoms with van der Waals surface area (Å²) in [6, 6.07) is -1.57. The van der Waals surface area contributed by atoms with Crippen LogP contribution in [0.1, 0.15) is 34.1 Å². The van der Waals surface area contributed by atoms with Crippen molar-refractivity contribution in [1.82, 2.24) is 4.90 Å². The van der Waals surface area contributed by atoms with E-state index in [2.05, 4.69) is 0 Å². The molecule has 4 aliphatic rings. The number of hydrogen-bond acceptors (Lipinski definition) is 8. The smallest absolute Gasteiger partial charge is 0.411 e. The molecule has 0 aromatic heterocycles. The van der Waals surface area contributed by atoms with Crippen LogP contribution in [-0.4, -0.2) is 66.4 Å². The molecule has 0 unspecified atom stereocenters. The fraction of sp³-hybridized carbons (Fsp3) is 0.684. The highest BCUT2D eigenvalue weighted by Gasteiger charge is 2.62. The Balaban J connectivity index is 2.00. The summed E-state index contributed by atoms with van der Waals surface area (Å²) in [7, 11) is 1.24. The predicted octanol–water partition coefficient (Wildman–Crippen LogP) is 1.20. The lowest BCUT2D eigenvalue weighted by atomic mass is 9.73. The summed E-state index contributed by atoms with van der Waals surface area (Å²) in [4.78, 5) is 51.3. The zero-order valence-electron chi connectivity index (χ0n) is 16.6. The Morgan fingerprint density at radius 3 is 2.54 bits per heavy atom. The molecule has 3 heterocycles. The van der Waals surface area contributed by atoms with Gasteiger partial charge in [0.15, 0.2) is 0 Å². The normalized spacial score (nSPS) is 30.9. The lowest BCUT2D eigenvalue weighted by Crippen LogP contribution is -2.58. The van der Waals surface area contributed by atoms with Crippen molar-refractivity contribution in [2.45, 2.75) is 57.9 Å². The molecule has 1 amide bonds. The SMILES string of the molecule is CCOC(=O)[C@@H]1C[C@@H]2[C@@H]([C@H]3C=C(C(=O)OC)[C@@H]2OC3=O)N1C(=O)OC(C)(C)C. The largest absolute Gasteiger partial charge is 0.466 e. The first-order valence-corrected chi connectivity index (χ1v) is 9.27. The average Bonchev–Trinajstić information content (AvgIpc) is 3.02. The van der Waals surface area contributed by atoms with Crippen LogP contribution in [0.5, 0.6) is 0 Å². The van der Waals surface area contributed by atoms with Crippen LogP contribution >= 0.6 is 0 Å². The number of fused-ring (bicyclic) bond motifs is 1. The molecule has 0 radical (unpaired) electrons. The van der Waals surface area contributed by atoms with Crippen LogP contribution in [0.2, 0.25) is 0 Å². The van der Waals surface area contributed by atoms with Crippen molar-refractivity contribution < 1.29 is 38.1 Å². The van der Waals surface area contributed by atoms with E-state index in [-0.39, 0.29) is 18.6 Å². The number of carbonyl (C=O) groups is 4. The van der Waals surface area contributed by atoms with Gasteiger partial charge in [-0.05, 0) is 34.1 Å². The third-order valence-corrected chi connectivity index (χ3v) is 5.11. The fourth-order valence-electron chi connectivity index (χ4n) is 4.16. The molecular weight excluding hydrogens is 370 g/mol. The van der Waals surface area contributed by atoms with Crippen molar-refractivity contribution in [3.8, 4) is 0 Å². The standard InChI is InChI=1S/C19H25NO8/c1-6-26-17(23)12-8-9-13(20(12)18(24)28-19(2,3)4)10-7-11(15(21)25-5)14(9)27-16(10)22/h7,9-10,12-14H,6,8H2,1-5H3/t9-,10-,12+,13+,14-/m1/s1. The van der Waals surface area contributed by atoms with Crippen LogP contribution in [0, 0.1) is 11.8 Å². The maximum Gasteiger partial charge on any atom is 0.411 e. The summed E-state index contributed by atoms with van der Waals surface area (Å²) in [5.74, 6) is -3.02. The Morgan fingerprint density at radius 1 is 1.29 bits per heavy atom. The number of rotatable bonds is 3. The lowest BCUT2D eigenvalue weighted by Gasteiger charge is -2.44. The van der Waals surface area contributed by atoms with E-state index in [1.807, 2.05) is 0 Å². The van der Waals surface area contributed by atoms with E-state index in [0.717, 1.165) is 0 Å². The number of esters is 3. The van der Waals surface area contributed by atoms with E-state index in [9.17, 15) is 19.2 Å². The molecule has 28 heavy (non-hydrogen) atoms. The molecule has 0 N–H and O–H groups in total. The first kappa shape index (κ1) is 20.2. The van der Waals surface area contributed by atoms with Crippen LogP contribution in [-0.2, 0) is 33.3 Å². The Bertz CT molecular complexity index is 737. The van der Waals surface area contributed by atoms with Crippen LogP contribution in [0.3, 0.4) is 0 Å². The minimum Gasteiger partial charge on any atom is -0.466 e. The van der Waals surface area contributed by atoms with Crippen molar-refractivity contribution in [3.63, 3.8) is 0 Å². The number of ether oxygens (including phenoxy) is 4. The number of hydrogen-bond donors (Lipinski definition) is 0. The van der Waals surface area contributed by atoms with Crippen molar-refractivity contribution in [1.29, 1.82) is 0 Å². The molecule has 2 fully saturated rings. The summed E-state index contributed by atoms with van der Waals surface area (Å²) in [6.07, 6.45) is 0.102. The minimum absolute atomic E-state index is 0.154. The highest BCUT2D eigenvalue weighted by molar-refractivity contribution is 5.95. The zero-order chi connectivity index (χ0) is 20.8. The molecule has 9 nitrogen and oxygen atoms in total. The van der Waals surface area contributed by atoms with E-state index in [1.165, 1.54) is 18.1 Å². The maximum atomic E-state index is 12.9. The maximum absolute atomic E-state index is 12.9. The molecule has 0 aromatic rings. The lowest BCUT2D eigenvalue weighted by molar-refractivity contribution is -0.169. The van der Waals surface area contributed by atoms with Gasteiger partial charge in [-0.2, -0.15) is 0 Å². The van der Waals surface area contributed by atoms with E-state index in [4.69, 9.17) is 18.9 Å². The molecule has 2 saturated heterocycles. The van der Waals surface area contributed by atoms with Gasteiger partial charge < -0.3 is 18.9 Å². The van der Waals surface area contributed by atoms with Gasteiger partial charge in [-0.15, -0.1) is 0 Å². The second-order valence-corrected chi connectivity index (χ2v) is 8.04. The van der Waals surface area contributed by atoms with Gasteiger partial charge in [-0.25, -0.2) is 14.4 Å². The third-order valence-electron chi connectivity index (χ3n) is 5.11. The molecule has 2 bridgehead atoms. The quantitative estimate of drug-likeness (QED) is 0.518. The van der Waals surface area contributed by atoms with Crippen LogP contribution in [0.15, 0.2) is 11.6 Å². The summed E-state index contributed by atoms with van der Waals surface area (Å²) in [5, 5.41) is 0. The second-order valence-electron chi connectivity index (χ2n) is 8.04. The van der Waals surface area contributed by atoms with Gasteiger partial charge in [0.25, 0.3) is 0 Å². The Hall–Kier alpha value is -2.58. The Labute approximate surface area is 162 Å². The zero-order valence-corrected chi connectivity index (χ0v) is 16.6. The van der Waals surface area contributed by atoms with E-state index in [0.29, 0.717) is 0 Å². The van der Waals surface area contributed by atoms with Crippen molar-refractivity contribution in [2.75, 3.05) is 13.7 Å².